The molecular weight excluding hydrogens is 248 g/mol. The molecule has 0 saturated carbocycles. The van der Waals surface area contributed by atoms with Crippen LogP contribution in [0.5, 0.6) is 5.75 Å². The summed E-state index contributed by atoms with van der Waals surface area (Å²) in [6, 6.07) is 21.8. The van der Waals surface area contributed by atoms with E-state index in [0.29, 0.717) is 13.0 Å². The van der Waals surface area contributed by atoms with E-state index in [4.69, 9.17) is 4.74 Å². The van der Waals surface area contributed by atoms with Gasteiger partial charge in [-0.25, -0.2) is 0 Å². The summed E-state index contributed by atoms with van der Waals surface area (Å²) in [6.07, 6.45) is 0.582. The topological polar surface area (TPSA) is 45.0 Å². The van der Waals surface area contributed by atoms with Crippen molar-refractivity contribution in [2.75, 3.05) is 13.7 Å². The molecule has 1 unspecified atom stereocenters. The molecule has 0 fully saturated rings. The minimum Gasteiger partial charge on any atom is -0.493 e. The van der Waals surface area contributed by atoms with Gasteiger partial charge in [-0.3, -0.25) is 5.32 Å². The monoisotopic (exact) mass is 266 g/mol. The summed E-state index contributed by atoms with van der Waals surface area (Å²) in [6.45, 7) is 0.479. The van der Waals surface area contributed by atoms with Gasteiger partial charge in [0.1, 0.15) is 11.3 Å². The van der Waals surface area contributed by atoms with Gasteiger partial charge < -0.3 is 4.74 Å². The van der Waals surface area contributed by atoms with E-state index in [1.807, 2.05) is 60.7 Å². The van der Waals surface area contributed by atoms with Crippen molar-refractivity contribution in [2.45, 2.75) is 12.0 Å². The van der Waals surface area contributed by atoms with E-state index in [-0.39, 0.29) is 0 Å². The first-order valence-electron chi connectivity index (χ1n) is 6.64. The van der Waals surface area contributed by atoms with Crippen molar-refractivity contribution in [2.24, 2.45) is 0 Å². The number of nitrogens with zero attached hydrogens (tertiary/aromatic N) is 1. The van der Waals surface area contributed by atoms with Crippen LogP contribution in [0.1, 0.15) is 12.0 Å². The van der Waals surface area contributed by atoms with Gasteiger partial charge >= 0.3 is 0 Å². The van der Waals surface area contributed by atoms with E-state index in [1.165, 1.54) is 0 Å². The highest BCUT2D eigenvalue weighted by Gasteiger charge is 2.30. The number of nitrogens with one attached hydrogen (secondary N) is 1. The number of ether oxygens (including phenoxy) is 1. The summed E-state index contributed by atoms with van der Waals surface area (Å²) >= 11 is 0. The number of para-hydroxylation sites is 1. The molecule has 0 radical (unpaired) electrons. The quantitative estimate of drug-likeness (QED) is 0.873. The molecule has 0 aliphatic heterocycles. The molecule has 1 atom stereocenters. The molecule has 3 heteroatoms. The third-order valence-electron chi connectivity index (χ3n) is 3.37. The highest BCUT2D eigenvalue weighted by Crippen LogP contribution is 2.24. The normalized spacial score (nSPS) is 13.2. The van der Waals surface area contributed by atoms with E-state index >= 15 is 0 Å². The van der Waals surface area contributed by atoms with Crippen LogP contribution in [-0.2, 0) is 5.54 Å². The van der Waals surface area contributed by atoms with Crippen LogP contribution < -0.4 is 10.1 Å². The molecule has 2 aromatic rings. The molecule has 0 heterocycles. The van der Waals surface area contributed by atoms with Gasteiger partial charge in [-0.2, -0.15) is 5.26 Å². The van der Waals surface area contributed by atoms with Crippen LogP contribution in [0.25, 0.3) is 0 Å². The molecule has 0 aliphatic carbocycles. The zero-order valence-electron chi connectivity index (χ0n) is 11.5. The Hall–Kier alpha value is -2.31. The molecule has 102 valence electrons. The van der Waals surface area contributed by atoms with Crippen molar-refractivity contribution in [3.8, 4) is 11.8 Å². The average Bonchev–Trinajstić information content (AvgIpc) is 2.54. The van der Waals surface area contributed by atoms with Gasteiger partial charge in [0.05, 0.1) is 12.7 Å². The van der Waals surface area contributed by atoms with E-state index < -0.39 is 5.54 Å². The maximum atomic E-state index is 9.56. The predicted molar refractivity (Wildman–Crippen MR) is 79.3 cm³/mol. The SMILES string of the molecule is CNC(C#N)(CCOc1ccccc1)c1ccccc1. The van der Waals surface area contributed by atoms with Crippen molar-refractivity contribution < 1.29 is 4.74 Å². The van der Waals surface area contributed by atoms with Gasteiger partial charge in [-0.05, 0) is 24.7 Å². The molecular formula is C17H18N2O. The molecule has 0 spiro atoms. The van der Waals surface area contributed by atoms with Crippen molar-refractivity contribution in [1.82, 2.24) is 5.32 Å². The number of benzene rings is 2. The molecule has 0 bridgehead atoms. The van der Waals surface area contributed by atoms with Gasteiger partial charge in [0.25, 0.3) is 0 Å². The first kappa shape index (κ1) is 14.1. The smallest absolute Gasteiger partial charge is 0.135 e. The molecule has 0 aromatic heterocycles. The summed E-state index contributed by atoms with van der Waals surface area (Å²) in [4.78, 5) is 0. The molecule has 2 aromatic carbocycles. The summed E-state index contributed by atoms with van der Waals surface area (Å²) in [5.74, 6) is 0.823. The molecule has 2 rings (SSSR count). The highest BCUT2D eigenvalue weighted by atomic mass is 16.5. The highest BCUT2D eigenvalue weighted by molar-refractivity contribution is 5.31. The molecule has 3 nitrogen and oxygen atoms in total. The zero-order chi connectivity index (χ0) is 14.3. The van der Waals surface area contributed by atoms with Crippen molar-refractivity contribution in [1.29, 1.82) is 5.26 Å². The Kier molecular flexibility index (Phi) is 4.75. The summed E-state index contributed by atoms with van der Waals surface area (Å²) in [7, 11) is 1.80. The average molecular weight is 266 g/mol. The molecule has 0 amide bonds. The Labute approximate surface area is 119 Å². The van der Waals surface area contributed by atoms with E-state index in [2.05, 4.69) is 11.4 Å². The standard InChI is InChI=1S/C17H18N2O/c1-19-17(14-18,15-8-4-2-5-9-15)12-13-20-16-10-6-3-7-11-16/h2-11,19H,12-13H2,1H3. The first-order chi connectivity index (χ1) is 9.80. The number of rotatable bonds is 6. The van der Waals surface area contributed by atoms with Gasteiger partial charge in [0, 0.05) is 6.42 Å². The Bertz CT molecular complexity index is 563. The van der Waals surface area contributed by atoms with Crippen LogP contribution >= 0.6 is 0 Å². The van der Waals surface area contributed by atoms with Crippen LogP contribution in [-0.4, -0.2) is 13.7 Å². The lowest BCUT2D eigenvalue weighted by Crippen LogP contribution is -2.40. The Morgan fingerprint density at radius 3 is 2.20 bits per heavy atom. The molecule has 0 saturated heterocycles. The molecule has 1 N–H and O–H groups in total. The predicted octanol–water partition coefficient (Wildman–Crippen LogP) is 3.09. The Morgan fingerprint density at radius 2 is 1.65 bits per heavy atom. The fourth-order valence-corrected chi connectivity index (χ4v) is 2.15. The fourth-order valence-electron chi connectivity index (χ4n) is 2.15. The van der Waals surface area contributed by atoms with Crippen molar-refractivity contribution in [3.05, 3.63) is 66.2 Å². The lowest BCUT2D eigenvalue weighted by molar-refractivity contribution is 0.266. The number of hydrogen-bond acceptors (Lipinski definition) is 3. The van der Waals surface area contributed by atoms with E-state index in [9.17, 15) is 5.26 Å². The van der Waals surface area contributed by atoms with E-state index in [1.54, 1.807) is 7.05 Å². The maximum absolute atomic E-state index is 9.56. The van der Waals surface area contributed by atoms with Gasteiger partial charge in [-0.1, -0.05) is 48.5 Å². The largest absolute Gasteiger partial charge is 0.493 e. The second-order valence-corrected chi connectivity index (χ2v) is 4.54. The number of nitriles is 1. The lowest BCUT2D eigenvalue weighted by atomic mass is 9.88. The van der Waals surface area contributed by atoms with Crippen LogP contribution in [0.4, 0.5) is 0 Å². The van der Waals surface area contributed by atoms with Gasteiger partial charge in [-0.15, -0.1) is 0 Å². The second-order valence-electron chi connectivity index (χ2n) is 4.54. The zero-order valence-corrected chi connectivity index (χ0v) is 11.5. The number of hydrogen-bond donors (Lipinski definition) is 1. The van der Waals surface area contributed by atoms with Crippen LogP contribution in [0.3, 0.4) is 0 Å². The van der Waals surface area contributed by atoms with Crippen LogP contribution in [0.15, 0.2) is 60.7 Å². The second kappa shape index (κ2) is 6.74. The summed E-state index contributed by atoms with van der Waals surface area (Å²) < 4.78 is 5.70. The fraction of sp³-hybridized carbons (Fsp3) is 0.235. The third-order valence-corrected chi connectivity index (χ3v) is 3.37. The molecule has 0 aliphatic rings. The van der Waals surface area contributed by atoms with E-state index in [0.717, 1.165) is 11.3 Å². The first-order valence-corrected chi connectivity index (χ1v) is 6.64. The van der Waals surface area contributed by atoms with Gasteiger partial charge in [0.2, 0.25) is 0 Å². The minimum atomic E-state index is -0.712. The summed E-state index contributed by atoms with van der Waals surface area (Å²) in [5.41, 5.74) is 0.248. The van der Waals surface area contributed by atoms with Crippen LogP contribution in [0.2, 0.25) is 0 Å². The minimum absolute atomic E-state index is 0.479. The maximum Gasteiger partial charge on any atom is 0.135 e. The van der Waals surface area contributed by atoms with Crippen LogP contribution in [0, 0.1) is 11.3 Å². The lowest BCUT2D eigenvalue weighted by Gasteiger charge is -2.26. The third kappa shape index (κ3) is 3.17. The Balaban J connectivity index is 2.05. The van der Waals surface area contributed by atoms with Crippen molar-refractivity contribution >= 4 is 0 Å². The molecule has 20 heavy (non-hydrogen) atoms. The Morgan fingerprint density at radius 1 is 1.05 bits per heavy atom. The van der Waals surface area contributed by atoms with Gasteiger partial charge in [0.15, 0.2) is 0 Å². The summed E-state index contributed by atoms with van der Waals surface area (Å²) in [5, 5.41) is 12.7. The van der Waals surface area contributed by atoms with Crippen molar-refractivity contribution in [3.63, 3.8) is 0 Å².